The second-order valence-corrected chi connectivity index (χ2v) is 8.16. The molecule has 0 aliphatic carbocycles. The Labute approximate surface area is 172 Å². The largest absolute Gasteiger partial charge is 0.308 e. The van der Waals surface area contributed by atoms with Gasteiger partial charge in [-0.3, -0.25) is 9.69 Å². The minimum Gasteiger partial charge on any atom is -0.308 e. The van der Waals surface area contributed by atoms with E-state index in [4.69, 9.17) is 4.98 Å². The van der Waals surface area contributed by atoms with Gasteiger partial charge >= 0.3 is 0 Å². The highest BCUT2D eigenvalue weighted by molar-refractivity contribution is 9.10. The van der Waals surface area contributed by atoms with Gasteiger partial charge in [-0.05, 0) is 56.9 Å². The summed E-state index contributed by atoms with van der Waals surface area (Å²) in [6.07, 6.45) is 0. The summed E-state index contributed by atoms with van der Waals surface area (Å²) < 4.78 is 2.00. The van der Waals surface area contributed by atoms with E-state index in [-0.39, 0.29) is 18.3 Å². The number of hydrogen-bond acceptors (Lipinski definition) is 4. The van der Waals surface area contributed by atoms with Gasteiger partial charge in [-0.15, -0.1) is 12.4 Å². The summed E-state index contributed by atoms with van der Waals surface area (Å²) in [5.41, 5.74) is 2.78. The van der Waals surface area contributed by atoms with Crippen LogP contribution in [0.2, 0.25) is 0 Å². The lowest BCUT2D eigenvalue weighted by molar-refractivity contribution is 0.0985. The van der Waals surface area contributed by atoms with Gasteiger partial charge in [0.15, 0.2) is 5.13 Å². The summed E-state index contributed by atoms with van der Waals surface area (Å²) in [5.74, 6) is -0.0288. The van der Waals surface area contributed by atoms with Crippen LogP contribution in [-0.4, -0.2) is 43.0 Å². The van der Waals surface area contributed by atoms with Crippen molar-refractivity contribution in [2.75, 3.05) is 32.1 Å². The van der Waals surface area contributed by atoms with E-state index in [1.165, 1.54) is 5.56 Å². The maximum atomic E-state index is 13.1. The summed E-state index contributed by atoms with van der Waals surface area (Å²) in [6.45, 7) is 3.43. The predicted octanol–water partition coefficient (Wildman–Crippen LogP) is 5.00. The van der Waals surface area contributed by atoms with Crippen molar-refractivity contribution in [2.45, 2.75) is 6.92 Å². The molecule has 0 aliphatic rings. The predicted molar refractivity (Wildman–Crippen MR) is 116 cm³/mol. The van der Waals surface area contributed by atoms with Gasteiger partial charge in [-0.2, -0.15) is 0 Å². The molecule has 0 radical (unpaired) electrons. The van der Waals surface area contributed by atoms with Crippen molar-refractivity contribution in [3.05, 3.63) is 58.1 Å². The van der Waals surface area contributed by atoms with Crippen molar-refractivity contribution in [3.63, 3.8) is 0 Å². The molecule has 1 aromatic heterocycles. The van der Waals surface area contributed by atoms with Gasteiger partial charge in [0.05, 0.1) is 10.2 Å². The molecule has 0 aliphatic heterocycles. The average Bonchev–Trinajstić information content (AvgIpc) is 2.97. The normalized spacial score (nSPS) is 10.8. The molecule has 0 saturated carbocycles. The third-order valence-corrected chi connectivity index (χ3v) is 5.39. The molecule has 3 rings (SSSR count). The zero-order valence-corrected chi connectivity index (χ0v) is 18.1. The quantitative estimate of drug-likeness (QED) is 0.544. The standard InChI is InChI=1S/C19H20BrN3OS.ClH/c1-13-7-8-16-17(11-13)25-19(21-16)23(10-9-22(2)3)18(24)14-5-4-6-15(20)12-14;/h4-8,11-12H,9-10H2,1-3H3;1H. The Morgan fingerprint density at radius 1 is 1.15 bits per heavy atom. The van der Waals surface area contributed by atoms with Gasteiger partial charge in [0.2, 0.25) is 0 Å². The van der Waals surface area contributed by atoms with Gasteiger partial charge in [0.25, 0.3) is 5.91 Å². The van der Waals surface area contributed by atoms with Crippen LogP contribution >= 0.6 is 39.7 Å². The number of aryl methyl sites for hydroxylation is 1. The lowest BCUT2D eigenvalue weighted by Gasteiger charge is -2.22. The smallest absolute Gasteiger partial charge is 0.260 e. The number of anilines is 1. The molecule has 26 heavy (non-hydrogen) atoms. The zero-order chi connectivity index (χ0) is 18.0. The van der Waals surface area contributed by atoms with Crippen LogP contribution in [0.3, 0.4) is 0 Å². The van der Waals surface area contributed by atoms with Gasteiger partial charge in [0, 0.05) is 23.1 Å². The maximum Gasteiger partial charge on any atom is 0.260 e. The number of rotatable bonds is 5. The average molecular weight is 455 g/mol. The van der Waals surface area contributed by atoms with Crippen LogP contribution in [0.5, 0.6) is 0 Å². The Balaban J connectivity index is 0.00000243. The Bertz CT molecular complexity index is 913. The van der Waals surface area contributed by atoms with E-state index in [1.54, 1.807) is 16.2 Å². The minimum absolute atomic E-state index is 0. The van der Waals surface area contributed by atoms with Crippen LogP contribution in [0.25, 0.3) is 10.2 Å². The minimum atomic E-state index is -0.0288. The lowest BCUT2D eigenvalue weighted by atomic mass is 10.2. The number of halogens is 2. The Kier molecular flexibility index (Phi) is 7.17. The second-order valence-electron chi connectivity index (χ2n) is 6.24. The van der Waals surface area contributed by atoms with Crippen molar-refractivity contribution >= 4 is 60.9 Å². The van der Waals surface area contributed by atoms with Crippen LogP contribution in [-0.2, 0) is 0 Å². The van der Waals surface area contributed by atoms with Crippen LogP contribution in [0, 0.1) is 6.92 Å². The molecule has 0 N–H and O–H groups in total. The Morgan fingerprint density at radius 3 is 2.62 bits per heavy atom. The fourth-order valence-electron chi connectivity index (χ4n) is 2.50. The third-order valence-electron chi connectivity index (χ3n) is 3.85. The van der Waals surface area contributed by atoms with Gasteiger partial charge in [-0.1, -0.05) is 39.4 Å². The summed E-state index contributed by atoms with van der Waals surface area (Å²) in [6, 6.07) is 13.7. The monoisotopic (exact) mass is 453 g/mol. The summed E-state index contributed by atoms with van der Waals surface area (Å²) in [5, 5.41) is 0.743. The number of fused-ring (bicyclic) bond motifs is 1. The van der Waals surface area contributed by atoms with E-state index in [1.807, 2.05) is 50.5 Å². The first-order chi connectivity index (χ1) is 11.9. The summed E-state index contributed by atoms with van der Waals surface area (Å²) >= 11 is 5.00. The molecule has 2 aromatic carbocycles. The number of benzene rings is 2. The molecule has 0 saturated heterocycles. The molecule has 7 heteroatoms. The van der Waals surface area contributed by atoms with Crippen molar-refractivity contribution in [2.24, 2.45) is 0 Å². The molecule has 1 heterocycles. The van der Waals surface area contributed by atoms with E-state index in [0.717, 1.165) is 26.4 Å². The number of thiazole rings is 1. The molecule has 1 amide bonds. The van der Waals surface area contributed by atoms with Crippen molar-refractivity contribution in [3.8, 4) is 0 Å². The number of hydrogen-bond donors (Lipinski definition) is 0. The highest BCUT2D eigenvalue weighted by atomic mass is 79.9. The van der Waals surface area contributed by atoms with Crippen LogP contribution in [0.15, 0.2) is 46.9 Å². The number of aromatic nitrogens is 1. The molecule has 0 unspecified atom stereocenters. The molecular weight excluding hydrogens is 434 g/mol. The van der Waals surface area contributed by atoms with Gasteiger partial charge < -0.3 is 4.90 Å². The van der Waals surface area contributed by atoms with E-state index < -0.39 is 0 Å². The molecule has 4 nitrogen and oxygen atoms in total. The van der Waals surface area contributed by atoms with Crippen LogP contribution in [0.1, 0.15) is 15.9 Å². The Morgan fingerprint density at radius 2 is 1.92 bits per heavy atom. The highest BCUT2D eigenvalue weighted by Crippen LogP contribution is 2.30. The fourth-order valence-corrected chi connectivity index (χ4v) is 3.98. The number of nitrogens with zero attached hydrogens (tertiary/aromatic N) is 3. The van der Waals surface area contributed by atoms with Crippen molar-refractivity contribution in [1.82, 2.24) is 9.88 Å². The first kappa shape index (κ1) is 20.8. The fraction of sp³-hybridized carbons (Fsp3) is 0.263. The van der Waals surface area contributed by atoms with Crippen molar-refractivity contribution in [1.29, 1.82) is 0 Å². The van der Waals surface area contributed by atoms with E-state index in [0.29, 0.717) is 12.1 Å². The van der Waals surface area contributed by atoms with E-state index in [9.17, 15) is 4.79 Å². The zero-order valence-electron chi connectivity index (χ0n) is 14.9. The topological polar surface area (TPSA) is 36.4 Å². The van der Waals surface area contributed by atoms with Crippen LogP contribution < -0.4 is 4.90 Å². The number of likely N-dealkylation sites (N-methyl/N-ethyl adjacent to an activating group) is 1. The number of carbonyl (C=O) groups excluding carboxylic acids is 1. The van der Waals surface area contributed by atoms with Crippen molar-refractivity contribution < 1.29 is 4.79 Å². The SMILES string of the molecule is Cc1ccc2nc(N(CCN(C)C)C(=O)c3cccc(Br)c3)sc2c1.Cl. The maximum absolute atomic E-state index is 13.1. The molecule has 0 atom stereocenters. The molecular formula is C19H21BrClN3OS. The molecule has 0 bridgehead atoms. The first-order valence-electron chi connectivity index (χ1n) is 8.03. The van der Waals surface area contributed by atoms with Gasteiger partial charge in [-0.25, -0.2) is 4.98 Å². The summed E-state index contributed by atoms with van der Waals surface area (Å²) in [7, 11) is 4.01. The highest BCUT2D eigenvalue weighted by Gasteiger charge is 2.21. The van der Waals surface area contributed by atoms with Crippen LogP contribution in [0.4, 0.5) is 5.13 Å². The third kappa shape index (κ3) is 4.82. The number of amides is 1. The van der Waals surface area contributed by atoms with Gasteiger partial charge in [0.1, 0.15) is 0 Å². The van der Waals surface area contributed by atoms with E-state index in [2.05, 4.69) is 33.8 Å². The molecule has 3 aromatic rings. The molecule has 0 spiro atoms. The molecule has 138 valence electrons. The second kappa shape index (κ2) is 8.95. The molecule has 0 fully saturated rings. The first-order valence-corrected chi connectivity index (χ1v) is 9.64. The lowest BCUT2D eigenvalue weighted by Crippen LogP contribution is -2.36. The summed E-state index contributed by atoms with van der Waals surface area (Å²) in [4.78, 5) is 21.6. The Hall–Kier alpha value is -1.47. The number of carbonyl (C=O) groups is 1. The van der Waals surface area contributed by atoms with E-state index >= 15 is 0 Å².